The molecule has 0 rings (SSSR count). The molecule has 2 heteroatoms. The van der Waals surface area contributed by atoms with Gasteiger partial charge in [-0.15, -0.1) is 0 Å². The molecule has 0 aliphatic rings. The molecule has 0 bridgehead atoms. The molecule has 0 saturated heterocycles. The van der Waals surface area contributed by atoms with Crippen molar-refractivity contribution in [2.45, 2.75) is 39.7 Å². The fourth-order valence-corrected chi connectivity index (χ4v) is 1.04. The average molecular weight is 155 g/mol. The Labute approximate surface area is 68.8 Å². The zero-order valence-corrected chi connectivity index (χ0v) is 7.76. The van der Waals surface area contributed by atoms with Gasteiger partial charge in [-0.05, 0) is 19.3 Å². The standard InChI is InChI=1S/C9H17NO/c1-5-8(6-10)9(4,11)7(2)3/h7-8,11H,5H2,1-4H3. The van der Waals surface area contributed by atoms with Gasteiger partial charge in [0.05, 0.1) is 17.6 Å². The number of hydrogen-bond acceptors (Lipinski definition) is 2. The summed E-state index contributed by atoms with van der Waals surface area (Å²) in [5.74, 6) is -0.116. The van der Waals surface area contributed by atoms with Crippen molar-refractivity contribution in [2.75, 3.05) is 0 Å². The van der Waals surface area contributed by atoms with Crippen molar-refractivity contribution in [2.24, 2.45) is 11.8 Å². The molecule has 0 spiro atoms. The minimum absolute atomic E-state index is 0.132. The molecule has 64 valence electrons. The first-order valence-electron chi connectivity index (χ1n) is 4.08. The fourth-order valence-electron chi connectivity index (χ4n) is 1.04. The van der Waals surface area contributed by atoms with Crippen LogP contribution < -0.4 is 0 Å². The molecule has 0 aromatic heterocycles. The second-order valence-electron chi connectivity index (χ2n) is 3.47. The molecule has 1 N–H and O–H groups in total. The van der Waals surface area contributed by atoms with Crippen LogP contribution in [-0.2, 0) is 0 Å². The number of nitrogens with zero attached hydrogens (tertiary/aromatic N) is 1. The normalized spacial score (nSPS) is 19.0. The van der Waals surface area contributed by atoms with Crippen LogP contribution in [0.15, 0.2) is 0 Å². The van der Waals surface area contributed by atoms with E-state index in [1.807, 2.05) is 20.8 Å². The molecule has 0 saturated carbocycles. The highest BCUT2D eigenvalue weighted by atomic mass is 16.3. The maximum atomic E-state index is 9.83. The molecule has 0 heterocycles. The van der Waals surface area contributed by atoms with Crippen LogP contribution in [0.5, 0.6) is 0 Å². The third-order valence-electron chi connectivity index (χ3n) is 2.44. The number of rotatable bonds is 3. The highest BCUT2D eigenvalue weighted by Gasteiger charge is 2.33. The summed E-state index contributed by atoms with van der Waals surface area (Å²) in [6.07, 6.45) is 0.710. The summed E-state index contributed by atoms with van der Waals surface area (Å²) in [5, 5.41) is 18.5. The van der Waals surface area contributed by atoms with Crippen molar-refractivity contribution >= 4 is 0 Å². The Kier molecular flexibility index (Phi) is 3.54. The van der Waals surface area contributed by atoms with Crippen molar-refractivity contribution in [1.29, 1.82) is 5.26 Å². The summed E-state index contributed by atoms with van der Waals surface area (Å²) in [6.45, 7) is 7.51. The Morgan fingerprint density at radius 1 is 1.55 bits per heavy atom. The highest BCUT2D eigenvalue weighted by Crippen LogP contribution is 2.27. The lowest BCUT2D eigenvalue weighted by Gasteiger charge is -2.31. The van der Waals surface area contributed by atoms with E-state index in [2.05, 4.69) is 6.07 Å². The Bertz CT molecular complexity index is 155. The lowest BCUT2D eigenvalue weighted by Crippen LogP contribution is -2.38. The molecule has 0 fully saturated rings. The second kappa shape index (κ2) is 3.73. The van der Waals surface area contributed by atoms with Gasteiger partial charge in [0.1, 0.15) is 0 Å². The van der Waals surface area contributed by atoms with E-state index in [-0.39, 0.29) is 11.8 Å². The van der Waals surface area contributed by atoms with Gasteiger partial charge in [-0.1, -0.05) is 20.8 Å². The Hall–Kier alpha value is -0.550. The summed E-state index contributed by atoms with van der Waals surface area (Å²) in [4.78, 5) is 0. The van der Waals surface area contributed by atoms with E-state index in [1.54, 1.807) is 6.92 Å². The molecule has 2 nitrogen and oxygen atoms in total. The largest absolute Gasteiger partial charge is 0.389 e. The Morgan fingerprint density at radius 2 is 2.00 bits per heavy atom. The van der Waals surface area contributed by atoms with Gasteiger partial charge in [-0.25, -0.2) is 0 Å². The van der Waals surface area contributed by atoms with Crippen molar-refractivity contribution in [3.63, 3.8) is 0 Å². The average Bonchev–Trinajstić information content (AvgIpc) is 1.89. The minimum Gasteiger partial charge on any atom is -0.389 e. The van der Waals surface area contributed by atoms with Crippen molar-refractivity contribution in [3.05, 3.63) is 0 Å². The van der Waals surface area contributed by atoms with Crippen LogP contribution in [0.2, 0.25) is 0 Å². The summed E-state index contributed by atoms with van der Waals surface area (Å²) >= 11 is 0. The van der Waals surface area contributed by atoms with Crippen molar-refractivity contribution < 1.29 is 5.11 Å². The van der Waals surface area contributed by atoms with Gasteiger partial charge in [-0.2, -0.15) is 5.26 Å². The van der Waals surface area contributed by atoms with Crippen LogP contribution >= 0.6 is 0 Å². The van der Waals surface area contributed by atoms with Crippen LogP contribution in [0.1, 0.15) is 34.1 Å². The zero-order chi connectivity index (χ0) is 9.07. The zero-order valence-electron chi connectivity index (χ0n) is 7.76. The first-order valence-corrected chi connectivity index (χ1v) is 4.08. The Morgan fingerprint density at radius 3 is 2.09 bits per heavy atom. The molecule has 2 unspecified atom stereocenters. The van der Waals surface area contributed by atoms with Gasteiger partial charge in [-0.3, -0.25) is 0 Å². The van der Waals surface area contributed by atoms with E-state index in [1.165, 1.54) is 0 Å². The molecule has 11 heavy (non-hydrogen) atoms. The van der Waals surface area contributed by atoms with Crippen molar-refractivity contribution in [1.82, 2.24) is 0 Å². The molecule has 0 aliphatic carbocycles. The van der Waals surface area contributed by atoms with E-state index < -0.39 is 5.60 Å². The second-order valence-corrected chi connectivity index (χ2v) is 3.47. The summed E-state index contributed by atoms with van der Waals surface area (Å²) in [5.41, 5.74) is -0.844. The van der Waals surface area contributed by atoms with Gasteiger partial charge in [0.2, 0.25) is 0 Å². The first kappa shape index (κ1) is 10.4. The molecule has 0 aromatic carbocycles. The SMILES string of the molecule is CCC(C#N)C(C)(O)C(C)C. The molecule has 0 radical (unpaired) electrons. The molecule has 0 amide bonds. The molecule has 0 aromatic rings. The van der Waals surface area contributed by atoms with Gasteiger partial charge in [0.15, 0.2) is 0 Å². The van der Waals surface area contributed by atoms with Crippen molar-refractivity contribution in [3.8, 4) is 6.07 Å². The first-order chi connectivity index (χ1) is 4.96. The van der Waals surface area contributed by atoms with E-state index in [4.69, 9.17) is 5.26 Å². The van der Waals surface area contributed by atoms with E-state index >= 15 is 0 Å². The monoisotopic (exact) mass is 155 g/mol. The lowest BCUT2D eigenvalue weighted by atomic mass is 9.79. The third kappa shape index (κ3) is 2.20. The van der Waals surface area contributed by atoms with E-state index in [0.717, 1.165) is 0 Å². The van der Waals surface area contributed by atoms with Gasteiger partial charge < -0.3 is 5.11 Å². The fraction of sp³-hybridized carbons (Fsp3) is 0.889. The molecule has 2 atom stereocenters. The predicted octanol–water partition coefficient (Wildman–Crippen LogP) is 1.94. The third-order valence-corrected chi connectivity index (χ3v) is 2.44. The predicted molar refractivity (Wildman–Crippen MR) is 44.9 cm³/mol. The van der Waals surface area contributed by atoms with Crippen LogP contribution in [0.25, 0.3) is 0 Å². The quantitative estimate of drug-likeness (QED) is 0.677. The van der Waals surface area contributed by atoms with Crippen LogP contribution in [0.4, 0.5) is 0 Å². The van der Waals surface area contributed by atoms with E-state index in [9.17, 15) is 5.11 Å². The maximum Gasteiger partial charge on any atom is 0.0799 e. The smallest absolute Gasteiger partial charge is 0.0799 e. The van der Waals surface area contributed by atoms with Gasteiger partial charge >= 0.3 is 0 Å². The number of nitriles is 1. The molecular weight excluding hydrogens is 138 g/mol. The van der Waals surface area contributed by atoms with Crippen LogP contribution in [0.3, 0.4) is 0 Å². The molecule has 0 aliphatic heterocycles. The number of aliphatic hydroxyl groups is 1. The maximum absolute atomic E-state index is 9.83. The Balaban J connectivity index is 4.40. The minimum atomic E-state index is -0.844. The van der Waals surface area contributed by atoms with Gasteiger partial charge in [0.25, 0.3) is 0 Å². The lowest BCUT2D eigenvalue weighted by molar-refractivity contribution is -0.0235. The summed E-state index contributed by atoms with van der Waals surface area (Å²) in [7, 11) is 0. The van der Waals surface area contributed by atoms with Crippen LogP contribution in [0, 0.1) is 23.2 Å². The van der Waals surface area contributed by atoms with E-state index in [0.29, 0.717) is 6.42 Å². The highest BCUT2D eigenvalue weighted by molar-refractivity contribution is 4.96. The number of hydrogen-bond donors (Lipinski definition) is 1. The summed E-state index contributed by atoms with van der Waals surface area (Å²) in [6, 6.07) is 2.12. The summed E-state index contributed by atoms with van der Waals surface area (Å²) < 4.78 is 0. The van der Waals surface area contributed by atoms with Crippen LogP contribution in [-0.4, -0.2) is 10.7 Å². The van der Waals surface area contributed by atoms with Gasteiger partial charge in [0, 0.05) is 0 Å². The topological polar surface area (TPSA) is 44.0 Å². The molecular formula is C9H17NO.